The number of benzene rings is 1. The van der Waals surface area contributed by atoms with Gasteiger partial charge in [-0.05, 0) is 69.1 Å². The van der Waals surface area contributed by atoms with Crippen molar-refractivity contribution < 1.29 is 23.0 Å². The highest BCUT2D eigenvalue weighted by Crippen LogP contribution is 2.48. The van der Waals surface area contributed by atoms with Crippen molar-refractivity contribution in [2.75, 3.05) is 26.7 Å². The molecule has 4 rings (SSSR count). The van der Waals surface area contributed by atoms with Gasteiger partial charge in [-0.15, -0.1) is 5.10 Å². The van der Waals surface area contributed by atoms with E-state index in [9.17, 15) is 18.3 Å². The van der Waals surface area contributed by atoms with Gasteiger partial charge in [-0.25, -0.2) is 0 Å². The van der Waals surface area contributed by atoms with E-state index in [-0.39, 0.29) is 11.2 Å². The van der Waals surface area contributed by atoms with Crippen molar-refractivity contribution in [2.24, 2.45) is 5.41 Å². The maximum Gasteiger partial charge on any atom is 0.416 e. The van der Waals surface area contributed by atoms with Crippen LogP contribution in [0.1, 0.15) is 42.2 Å². The van der Waals surface area contributed by atoms with Crippen LogP contribution in [-0.4, -0.2) is 46.9 Å². The molecule has 1 N–H and O–H groups in total. The zero-order valence-electron chi connectivity index (χ0n) is 16.5. The van der Waals surface area contributed by atoms with E-state index in [2.05, 4.69) is 15.1 Å². The molecule has 2 fully saturated rings. The molecule has 156 valence electrons. The van der Waals surface area contributed by atoms with Crippen LogP contribution >= 0.6 is 0 Å². The highest BCUT2D eigenvalue weighted by Gasteiger charge is 2.47. The number of halogens is 3. The SMILES string of the molecule is COc1cc(C(F)(F)F)ccc1-c1nnc(C(O)C23CCCN(CC2)C3)cc1C. The molecule has 2 saturated heterocycles. The number of hydrogen-bond donors (Lipinski definition) is 1. The Morgan fingerprint density at radius 2 is 1.97 bits per heavy atom. The number of hydrogen-bond acceptors (Lipinski definition) is 5. The van der Waals surface area contributed by atoms with Crippen molar-refractivity contribution in [3.8, 4) is 17.0 Å². The van der Waals surface area contributed by atoms with Crippen LogP contribution in [-0.2, 0) is 6.18 Å². The van der Waals surface area contributed by atoms with Crippen LogP contribution in [0.25, 0.3) is 11.3 Å². The minimum Gasteiger partial charge on any atom is -0.496 e. The monoisotopic (exact) mass is 407 g/mol. The number of piperidine rings is 1. The molecule has 2 aliphatic rings. The Hall–Kier alpha value is -2.19. The molecule has 2 aliphatic heterocycles. The standard InChI is InChI=1S/C21H24F3N3O2/c1-13-10-16(19(28)20-6-3-8-27(12-20)9-7-20)25-26-18(13)15-5-4-14(21(22,23)24)11-17(15)29-2/h4-5,10-11,19,28H,3,6-9,12H2,1-2H3. The topological polar surface area (TPSA) is 58.5 Å². The number of aryl methyl sites for hydroxylation is 1. The van der Waals surface area contributed by atoms with E-state index < -0.39 is 17.8 Å². The van der Waals surface area contributed by atoms with Gasteiger partial charge in [0, 0.05) is 17.5 Å². The van der Waals surface area contributed by atoms with Gasteiger partial charge in [-0.2, -0.15) is 18.3 Å². The molecule has 0 amide bonds. The predicted molar refractivity (Wildman–Crippen MR) is 101 cm³/mol. The molecule has 0 spiro atoms. The molecule has 3 unspecified atom stereocenters. The van der Waals surface area contributed by atoms with E-state index in [0.29, 0.717) is 17.0 Å². The second-order valence-electron chi connectivity index (χ2n) is 8.11. The molecule has 3 atom stereocenters. The minimum absolute atomic E-state index is 0.0860. The van der Waals surface area contributed by atoms with E-state index in [1.165, 1.54) is 13.2 Å². The Morgan fingerprint density at radius 1 is 1.17 bits per heavy atom. The first kappa shape index (κ1) is 20.1. The smallest absolute Gasteiger partial charge is 0.416 e. The molecule has 1 aromatic carbocycles. The van der Waals surface area contributed by atoms with Crippen LogP contribution < -0.4 is 4.74 Å². The number of aliphatic hydroxyl groups is 1. The third kappa shape index (κ3) is 3.59. The molecule has 2 aromatic rings. The van der Waals surface area contributed by atoms with Gasteiger partial charge >= 0.3 is 6.18 Å². The fourth-order valence-corrected chi connectivity index (χ4v) is 4.68. The quantitative estimate of drug-likeness (QED) is 0.830. The van der Waals surface area contributed by atoms with Crippen molar-refractivity contribution in [3.63, 3.8) is 0 Å². The first-order chi connectivity index (χ1) is 13.7. The second-order valence-corrected chi connectivity index (χ2v) is 8.11. The maximum absolute atomic E-state index is 13.0. The van der Waals surface area contributed by atoms with Crippen LogP contribution in [0.4, 0.5) is 13.2 Å². The molecule has 0 saturated carbocycles. The zero-order valence-corrected chi connectivity index (χ0v) is 16.5. The Bertz CT molecular complexity index is 915. The third-order valence-electron chi connectivity index (χ3n) is 6.26. The van der Waals surface area contributed by atoms with Gasteiger partial charge in [0.2, 0.25) is 0 Å². The number of rotatable bonds is 4. The number of nitrogens with zero attached hydrogens (tertiary/aromatic N) is 3. The van der Waals surface area contributed by atoms with Crippen molar-refractivity contribution in [1.82, 2.24) is 15.1 Å². The predicted octanol–water partition coefficient (Wildman–Crippen LogP) is 4.00. The summed E-state index contributed by atoms with van der Waals surface area (Å²) in [5.74, 6) is 0.0860. The fourth-order valence-electron chi connectivity index (χ4n) is 4.68. The molecule has 3 heterocycles. The zero-order chi connectivity index (χ0) is 20.8. The lowest BCUT2D eigenvalue weighted by molar-refractivity contribution is -0.137. The number of ether oxygens (including phenoxy) is 1. The highest BCUT2D eigenvalue weighted by atomic mass is 19.4. The van der Waals surface area contributed by atoms with Crippen molar-refractivity contribution in [3.05, 3.63) is 41.1 Å². The van der Waals surface area contributed by atoms with E-state index in [1.54, 1.807) is 6.07 Å². The summed E-state index contributed by atoms with van der Waals surface area (Å²) < 4.78 is 44.2. The summed E-state index contributed by atoms with van der Waals surface area (Å²) in [5, 5.41) is 19.6. The number of alkyl halides is 3. The largest absolute Gasteiger partial charge is 0.496 e. The van der Waals surface area contributed by atoms with E-state index >= 15 is 0 Å². The average molecular weight is 407 g/mol. The van der Waals surface area contributed by atoms with Gasteiger partial charge < -0.3 is 14.7 Å². The third-order valence-corrected chi connectivity index (χ3v) is 6.26. The molecule has 29 heavy (non-hydrogen) atoms. The number of methoxy groups -OCH3 is 1. The van der Waals surface area contributed by atoms with Crippen molar-refractivity contribution >= 4 is 0 Å². The fraction of sp³-hybridized carbons (Fsp3) is 0.524. The van der Waals surface area contributed by atoms with E-state index in [4.69, 9.17) is 4.74 Å². The number of aliphatic hydroxyl groups excluding tert-OH is 1. The number of aromatic nitrogens is 2. The molecule has 5 nitrogen and oxygen atoms in total. The summed E-state index contributed by atoms with van der Waals surface area (Å²) in [5.41, 5.74) is 1.16. The summed E-state index contributed by atoms with van der Waals surface area (Å²) >= 11 is 0. The Balaban J connectivity index is 1.66. The molecular weight excluding hydrogens is 383 g/mol. The molecular formula is C21H24F3N3O2. The van der Waals surface area contributed by atoms with Gasteiger partial charge in [-0.1, -0.05) is 0 Å². The van der Waals surface area contributed by atoms with Gasteiger partial charge in [0.15, 0.2) is 0 Å². The van der Waals surface area contributed by atoms with Crippen LogP contribution in [0.3, 0.4) is 0 Å². The van der Waals surface area contributed by atoms with Crippen molar-refractivity contribution in [2.45, 2.75) is 38.5 Å². The molecule has 2 bridgehead atoms. The Kier molecular flexibility index (Phi) is 5.02. The highest BCUT2D eigenvalue weighted by molar-refractivity contribution is 5.70. The average Bonchev–Trinajstić information content (AvgIpc) is 3.00. The maximum atomic E-state index is 13.0. The van der Waals surface area contributed by atoms with Gasteiger partial charge in [0.25, 0.3) is 0 Å². The minimum atomic E-state index is -4.45. The van der Waals surface area contributed by atoms with Crippen LogP contribution in [0, 0.1) is 12.3 Å². The number of fused-ring (bicyclic) bond motifs is 2. The summed E-state index contributed by atoms with van der Waals surface area (Å²) in [4.78, 5) is 2.37. The van der Waals surface area contributed by atoms with Crippen LogP contribution in [0.5, 0.6) is 5.75 Å². The first-order valence-corrected chi connectivity index (χ1v) is 9.74. The Morgan fingerprint density at radius 3 is 2.66 bits per heavy atom. The lowest BCUT2D eigenvalue weighted by atomic mass is 9.74. The van der Waals surface area contributed by atoms with E-state index in [1.807, 2.05) is 6.92 Å². The van der Waals surface area contributed by atoms with E-state index in [0.717, 1.165) is 56.6 Å². The summed E-state index contributed by atoms with van der Waals surface area (Å²) in [6.07, 6.45) is -2.20. The lowest BCUT2D eigenvalue weighted by Gasteiger charge is -2.37. The van der Waals surface area contributed by atoms with Crippen molar-refractivity contribution in [1.29, 1.82) is 0 Å². The molecule has 8 heteroatoms. The van der Waals surface area contributed by atoms with Gasteiger partial charge in [-0.3, -0.25) is 0 Å². The van der Waals surface area contributed by atoms with Gasteiger partial charge in [0.05, 0.1) is 24.1 Å². The van der Waals surface area contributed by atoms with Gasteiger partial charge in [0.1, 0.15) is 11.9 Å². The lowest BCUT2D eigenvalue weighted by Crippen LogP contribution is -2.38. The first-order valence-electron chi connectivity index (χ1n) is 9.74. The summed E-state index contributed by atoms with van der Waals surface area (Å²) in [7, 11) is 1.33. The summed E-state index contributed by atoms with van der Waals surface area (Å²) in [6, 6.07) is 5.11. The molecule has 0 aliphatic carbocycles. The van der Waals surface area contributed by atoms with Crippen LogP contribution in [0.15, 0.2) is 24.3 Å². The van der Waals surface area contributed by atoms with Crippen LogP contribution in [0.2, 0.25) is 0 Å². The molecule has 0 radical (unpaired) electrons. The second kappa shape index (κ2) is 7.25. The summed E-state index contributed by atoms with van der Waals surface area (Å²) in [6.45, 7) is 4.75. The molecule has 1 aromatic heterocycles. The normalized spacial score (nSPS) is 25.1. The Labute approximate surface area is 167 Å².